The van der Waals surface area contributed by atoms with Gasteiger partial charge in [0.2, 0.25) is 0 Å². The highest BCUT2D eigenvalue weighted by Crippen LogP contribution is 2.22. The van der Waals surface area contributed by atoms with Crippen LogP contribution in [-0.2, 0) is 0 Å². The number of aromatic nitrogens is 2. The van der Waals surface area contributed by atoms with Gasteiger partial charge in [-0.05, 0) is 36.4 Å². The predicted molar refractivity (Wildman–Crippen MR) is 70.2 cm³/mol. The maximum absolute atomic E-state index is 13.2. The van der Waals surface area contributed by atoms with Crippen LogP contribution in [0, 0.1) is 17.1 Å². The Hall–Kier alpha value is -2.87. The zero-order valence-electron chi connectivity index (χ0n) is 9.84. The molecule has 0 fully saturated rings. The van der Waals surface area contributed by atoms with Gasteiger partial charge in [-0.25, -0.2) is 9.37 Å². The Balaban J connectivity index is 2.28. The van der Waals surface area contributed by atoms with E-state index < -0.39 is 5.82 Å². The fraction of sp³-hybridized carbons (Fsp3) is 0. The number of halogens is 1. The molecule has 19 heavy (non-hydrogen) atoms. The molecule has 4 nitrogen and oxygen atoms in total. The molecule has 0 bridgehead atoms. The first kappa shape index (κ1) is 11.2. The summed E-state index contributed by atoms with van der Waals surface area (Å²) in [5.41, 5.74) is 8.72. The van der Waals surface area contributed by atoms with E-state index in [9.17, 15) is 4.39 Å². The van der Waals surface area contributed by atoms with E-state index in [2.05, 4.69) is 4.98 Å². The molecule has 0 spiro atoms. The second-order valence-corrected chi connectivity index (χ2v) is 4.14. The summed E-state index contributed by atoms with van der Waals surface area (Å²) < 4.78 is 14.9. The van der Waals surface area contributed by atoms with Crippen LogP contribution in [0.4, 0.5) is 10.1 Å². The van der Waals surface area contributed by atoms with Crippen LogP contribution in [0.15, 0.2) is 42.7 Å². The van der Waals surface area contributed by atoms with Crippen LogP contribution in [0.25, 0.3) is 16.7 Å². The SMILES string of the molecule is N#Cc1cc(F)ccc1-n1cnc2cc(N)ccc21. The van der Waals surface area contributed by atoms with Gasteiger partial charge in [0.1, 0.15) is 18.2 Å². The van der Waals surface area contributed by atoms with Crippen molar-refractivity contribution in [3.63, 3.8) is 0 Å². The van der Waals surface area contributed by atoms with Gasteiger partial charge < -0.3 is 5.73 Å². The summed E-state index contributed by atoms with van der Waals surface area (Å²) in [5.74, 6) is -0.436. The Kier molecular flexibility index (Phi) is 2.43. The Morgan fingerprint density at radius 2 is 2.05 bits per heavy atom. The van der Waals surface area contributed by atoms with Gasteiger partial charge in [0.05, 0.1) is 22.3 Å². The molecule has 0 aliphatic heterocycles. The van der Waals surface area contributed by atoms with Crippen molar-refractivity contribution < 1.29 is 4.39 Å². The summed E-state index contributed by atoms with van der Waals surface area (Å²) in [6.07, 6.45) is 1.60. The molecule has 2 aromatic carbocycles. The summed E-state index contributed by atoms with van der Waals surface area (Å²) >= 11 is 0. The second kappa shape index (κ2) is 4.10. The van der Waals surface area contributed by atoms with Crippen molar-refractivity contribution in [1.82, 2.24) is 9.55 Å². The molecule has 3 aromatic rings. The number of hydrogen-bond donors (Lipinski definition) is 1. The van der Waals surface area contributed by atoms with Crippen molar-refractivity contribution in [2.75, 3.05) is 5.73 Å². The van der Waals surface area contributed by atoms with Crippen molar-refractivity contribution in [2.45, 2.75) is 0 Å². The maximum atomic E-state index is 13.2. The van der Waals surface area contributed by atoms with Gasteiger partial charge in [0, 0.05) is 5.69 Å². The highest BCUT2D eigenvalue weighted by atomic mass is 19.1. The van der Waals surface area contributed by atoms with Crippen LogP contribution in [0.1, 0.15) is 5.56 Å². The van der Waals surface area contributed by atoms with E-state index in [1.165, 1.54) is 12.1 Å². The monoisotopic (exact) mass is 252 g/mol. The van der Waals surface area contributed by atoms with Crippen LogP contribution >= 0.6 is 0 Å². The smallest absolute Gasteiger partial charge is 0.124 e. The minimum atomic E-state index is -0.436. The maximum Gasteiger partial charge on any atom is 0.124 e. The fourth-order valence-electron chi connectivity index (χ4n) is 2.03. The van der Waals surface area contributed by atoms with Crippen molar-refractivity contribution >= 4 is 16.7 Å². The normalized spacial score (nSPS) is 10.5. The number of rotatable bonds is 1. The lowest BCUT2D eigenvalue weighted by Crippen LogP contribution is -1.96. The third kappa shape index (κ3) is 1.79. The highest BCUT2D eigenvalue weighted by molar-refractivity contribution is 5.81. The van der Waals surface area contributed by atoms with Gasteiger partial charge in [-0.2, -0.15) is 5.26 Å². The molecule has 1 aromatic heterocycles. The summed E-state index contributed by atoms with van der Waals surface area (Å²) in [6.45, 7) is 0. The first-order chi connectivity index (χ1) is 9.19. The number of nitrogens with two attached hydrogens (primary N) is 1. The number of imidazole rings is 1. The molecule has 0 amide bonds. The molecule has 2 N–H and O–H groups in total. The van der Waals surface area contributed by atoms with E-state index in [0.717, 1.165) is 11.0 Å². The Morgan fingerprint density at radius 1 is 1.21 bits per heavy atom. The number of nitriles is 1. The summed E-state index contributed by atoms with van der Waals surface area (Å²) in [7, 11) is 0. The first-order valence-corrected chi connectivity index (χ1v) is 5.61. The highest BCUT2D eigenvalue weighted by Gasteiger charge is 2.09. The quantitative estimate of drug-likeness (QED) is 0.677. The molecular weight excluding hydrogens is 243 g/mol. The Morgan fingerprint density at radius 3 is 2.84 bits per heavy atom. The van der Waals surface area contributed by atoms with E-state index >= 15 is 0 Å². The molecule has 0 saturated carbocycles. The first-order valence-electron chi connectivity index (χ1n) is 5.61. The fourth-order valence-corrected chi connectivity index (χ4v) is 2.03. The molecule has 0 saturated heterocycles. The summed E-state index contributed by atoms with van der Waals surface area (Å²) in [6, 6.07) is 11.4. The molecule has 5 heteroatoms. The van der Waals surface area contributed by atoms with Crippen LogP contribution < -0.4 is 5.73 Å². The van der Waals surface area contributed by atoms with Crippen molar-refractivity contribution in [2.24, 2.45) is 0 Å². The van der Waals surface area contributed by atoms with Gasteiger partial charge >= 0.3 is 0 Å². The largest absolute Gasteiger partial charge is 0.399 e. The van der Waals surface area contributed by atoms with Crippen molar-refractivity contribution in [1.29, 1.82) is 5.26 Å². The third-order valence-electron chi connectivity index (χ3n) is 2.91. The lowest BCUT2D eigenvalue weighted by Gasteiger charge is -2.06. The number of fused-ring (bicyclic) bond motifs is 1. The summed E-state index contributed by atoms with van der Waals surface area (Å²) in [4.78, 5) is 4.23. The Labute approximate surface area is 108 Å². The number of nitrogen functional groups attached to an aromatic ring is 1. The van der Waals surface area contributed by atoms with E-state index in [0.29, 0.717) is 11.4 Å². The van der Waals surface area contributed by atoms with Crippen LogP contribution in [0.3, 0.4) is 0 Å². The molecule has 0 radical (unpaired) electrons. The van der Waals surface area contributed by atoms with Gasteiger partial charge in [-0.3, -0.25) is 4.57 Å². The molecule has 3 rings (SSSR count). The second-order valence-electron chi connectivity index (χ2n) is 4.14. The van der Waals surface area contributed by atoms with Crippen molar-refractivity contribution in [3.8, 4) is 11.8 Å². The molecule has 0 atom stereocenters. The van der Waals surface area contributed by atoms with Gasteiger partial charge in [-0.1, -0.05) is 0 Å². The minimum Gasteiger partial charge on any atom is -0.399 e. The lowest BCUT2D eigenvalue weighted by atomic mass is 10.2. The van der Waals surface area contributed by atoms with Gasteiger partial charge in [0.15, 0.2) is 0 Å². The number of benzene rings is 2. The average molecular weight is 252 g/mol. The van der Waals surface area contributed by atoms with Crippen LogP contribution in [0.2, 0.25) is 0 Å². The van der Waals surface area contributed by atoms with Crippen molar-refractivity contribution in [3.05, 3.63) is 54.1 Å². The topological polar surface area (TPSA) is 67.6 Å². The number of nitrogens with zero attached hydrogens (tertiary/aromatic N) is 3. The molecule has 0 unspecified atom stereocenters. The van der Waals surface area contributed by atoms with E-state index in [1.54, 1.807) is 29.1 Å². The van der Waals surface area contributed by atoms with Gasteiger partial charge in [0.25, 0.3) is 0 Å². The number of hydrogen-bond acceptors (Lipinski definition) is 3. The average Bonchev–Trinajstić information content (AvgIpc) is 2.81. The molecule has 92 valence electrons. The van der Waals surface area contributed by atoms with E-state index in [4.69, 9.17) is 11.0 Å². The molecule has 0 aliphatic carbocycles. The molecule has 0 aliphatic rings. The Bertz CT molecular complexity index is 814. The third-order valence-corrected chi connectivity index (χ3v) is 2.91. The standard InChI is InChI=1S/C14H9FN4/c15-10-1-3-13(9(5-10)7-16)19-8-18-12-6-11(17)2-4-14(12)19/h1-6,8H,17H2. The molecular formula is C14H9FN4. The van der Waals surface area contributed by atoms with Crippen LogP contribution in [0.5, 0.6) is 0 Å². The van der Waals surface area contributed by atoms with E-state index in [1.807, 2.05) is 12.1 Å². The zero-order valence-corrected chi connectivity index (χ0v) is 9.84. The number of anilines is 1. The molecule has 1 heterocycles. The minimum absolute atomic E-state index is 0.260. The van der Waals surface area contributed by atoms with Gasteiger partial charge in [-0.15, -0.1) is 0 Å². The predicted octanol–water partition coefficient (Wildman–Crippen LogP) is 2.62. The summed E-state index contributed by atoms with van der Waals surface area (Å²) in [5, 5.41) is 9.09. The lowest BCUT2D eigenvalue weighted by molar-refractivity contribution is 0.627. The van der Waals surface area contributed by atoms with E-state index in [-0.39, 0.29) is 5.56 Å². The zero-order chi connectivity index (χ0) is 13.4. The van der Waals surface area contributed by atoms with Crippen LogP contribution in [-0.4, -0.2) is 9.55 Å².